The number of nitrogens with zero attached hydrogens (tertiary/aromatic N) is 2. The molecule has 1 aliphatic heterocycles. The Kier molecular flexibility index (Phi) is 3.97. The molecule has 2 N–H and O–H groups in total. The van der Waals surface area contributed by atoms with Crippen LogP contribution in [0.15, 0.2) is 54.9 Å². The van der Waals surface area contributed by atoms with Gasteiger partial charge in [0.1, 0.15) is 12.1 Å². The van der Waals surface area contributed by atoms with E-state index < -0.39 is 5.97 Å². The number of nitrogens with one attached hydrogen (secondary N) is 1. The van der Waals surface area contributed by atoms with Crippen LogP contribution < -0.4 is 5.32 Å². The molecular formula is C19H14ClN3O3. The predicted molar refractivity (Wildman–Crippen MR) is 97.1 cm³/mol. The first kappa shape index (κ1) is 16.4. The molecule has 0 spiro atoms. The van der Waals surface area contributed by atoms with Gasteiger partial charge in [-0.1, -0.05) is 35.9 Å². The highest BCUT2D eigenvalue weighted by atomic mass is 35.5. The summed E-state index contributed by atoms with van der Waals surface area (Å²) in [5, 5.41) is 12.5. The smallest absolute Gasteiger partial charge is 0.335 e. The minimum absolute atomic E-state index is 0.126. The van der Waals surface area contributed by atoms with E-state index in [0.29, 0.717) is 10.8 Å². The van der Waals surface area contributed by atoms with Gasteiger partial charge in [0.2, 0.25) is 5.91 Å². The highest BCUT2D eigenvalue weighted by molar-refractivity contribution is 6.32. The molecule has 2 aromatic carbocycles. The largest absolute Gasteiger partial charge is 0.478 e. The first-order valence-electron chi connectivity index (χ1n) is 8.00. The second-order valence-corrected chi connectivity index (χ2v) is 6.44. The molecule has 4 rings (SSSR count). The van der Waals surface area contributed by atoms with Crippen LogP contribution in [0.1, 0.15) is 34.0 Å². The fourth-order valence-corrected chi connectivity index (χ4v) is 3.40. The number of amides is 1. The summed E-state index contributed by atoms with van der Waals surface area (Å²) in [6, 6.07) is 13.8. The lowest BCUT2D eigenvalue weighted by Crippen LogP contribution is -2.25. The van der Waals surface area contributed by atoms with Gasteiger partial charge in [0.15, 0.2) is 0 Å². The summed E-state index contributed by atoms with van der Waals surface area (Å²) in [6.07, 6.45) is 1.88. The Balaban J connectivity index is 1.79. The minimum atomic E-state index is -0.985. The first-order valence-corrected chi connectivity index (χ1v) is 8.37. The van der Waals surface area contributed by atoms with E-state index >= 15 is 0 Å². The van der Waals surface area contributed by atoms with Crippen molar-refractivity contribution in [3.63, 3.8) is 0 Å². The van der Waals surface area contributed by atoms with Crippen molar-refractivity contribution in [2.45, 2.75) is 12.3 Å². The van der Waals surface area contributed by atoms with Crippen LogP contribution in [0.2, 0.25) is 5.02 Å². The highest BCUT2D eigenvalue weighted by Gasteiger charge is 2.31. The third-order valence-corrected chi connectivity index (χ3v) is 4.76. The quantitative estimate of drug-likeness (QED) is 0.739. The predicted octanol–water partition coefficient (Wildman–Crippen LogP) is 3.70. The van der Waals surface area contributed by atoms with E-state index in [9.17, 15) is 9.59 Å². The number of carboxylic acid groups (broad SMARTS) is 1. The second-order valence-electron chi connectivity index (χ2n) is 6.03. The van der Waals surface area contributed by atoms with Crippen molar-refractivity contribution >= 4 is 29.3 Å². The fourth-order valence-electron chi connectivity index (χ4n) is 3.17. The van der Waals surface area contributed by atoms with Crippen molar-refractivity contribution in [2.75, 3.05) is 5.32 Å². The Morgan fingerprint density at radius 2 is 1.92 bits per heavy atom. The molecule has 130 valence electrons. The molecule has 1 aromatic heterocycles. The summed E-state index contributed by atoms with van der Waals surface area (Å²) in [6.45, 7) is 0. The SMILES string of the molecule is O=C1C[C@@H](c2ccc(C(=O)O)cc2)c2ncn(-c3ccccc3Cl)c2N1. The molecule has 0 fully saturated rings. The maximum Gasteiger partial charge on any atom is 0.335 e. The highest BCUT2D eigenvalue weighted by Crippen LogP contribution is 2.38. The molecule has 0 unspecified atom stereocenters. The summed E-state index contributed by atoms with van der Waals surface area (Å²) in [5.41, 5.74) is 2.50. The summed E-state index contributed by atoms with van der Waals surface area (Å²) < 4.78 is 1.76. The van der Waals surface area contributed by atoms with Gasteiger partial charge in [0.05, 0.1) is 22.0 Å². The van der Waals surface area contributed by atoms with Crippen molar-refractivity contribution in [2.24, 2.45) is 0 Å². The maximum absolute atomic E-state index is 12.3. The van der Waals surface area contributed by atoms with Crippen molar-refractivity contribution in [3.05, 3.63) is 76.7 Å². The number of fused-ring (bicyclic) bond motifs is 1. The zero-order chi connectivity index (χ0) is 18.3. The molecule has 1 amide bonds. The van der Waals surface area contributed by atoms with Gasteiger partial charge in [-0.15, -0.1) is 0 Å². The number of carbonyl (C=O) groups excluding carboxylic acids is 1. The Morgan fingerprint density at radius 3 is 2.62 bits per heavy atom. The van der Waals surface area contributed by atoms with Gasteiger partial charge in [0, 0.05) is 12.3 Å². The minimum Gasteiger partial charge on any atom is -0.478 e. The van der Waals surface area contributed by atoms with Crippen LogP contribution in [0, 0.1) is 0 Å². The van der Waals surface area contributed by atoms with Crippen LogP contribution in [0.25, 0.3) is 5.69 Å². The van der Waals surface area contributed by atoms with Gasteiger partial charge < -0.3 is 10.4 Å². The summed E-state index contributed by atoms with van der Waals surface area (Å²) >= 11 is 6.28. The van der Waals surface area contributed by atoms with Crippen molar-refractivity contribution in [3.8, 4) is 5.69 Å². The molecule has 3 aromatic rings. The van der Waals surface area contributed by atoms with E-state index in [4.69, 9.17) is 16.7 Å². The van der Waals surface area contributed by atoms with Crippen LogP contribution in [0.5, 0.6) is 0 Å². The fraction of sp³-hybridized carbons (Fsp3) is 0.105. The van der Waals surface area contributed by atoms with Crippen molar-refractivity contribution in [1.82, 2.24) is 9.55 Å². The van der Waals surface area contributed by atoms with Crippen LogP contribution >= 0.6 is 11.6 Å². The number of benzene rings is 2. The molecule has 0 saturated heterocycles. The maximum atomic E-state index is 12.3. The number of carbonyl (C=O) groups is 2. The number of halogens is 1. The van der Waals surface area contributed by atoms with Gasteiger partial charge >= 0.3 is 5.97 Å². The molecular weight excluding hydrogens is 354 g/mol. The third kappa shape index (κ3) is 2.74. The molecule has 6 nitrogen and oxygen atoms in total. The van der Waals surface area contributed by atoms with E-state index in [2.05, 4.69) is 10.3 Å². The number of aromatic carboxylic acids is 1. The average Bonchev–Trinajstić information content (AvgIpc) is 3.05. The molecule has 7 heteroatoms. The van der Waals surface area contributed by atoms with E-state index in [1.54, 1.807) is 29.1 Å². The number of aromatic nitrogens is 2. The first-order chi connectivity index (χ1) is 12.5. The summed E-state index contributed by atoms with van der Waals surface area (Å²) in [4.78, 5) is 27.8. The number of hydrogen-bond acceptors (Lipinski definition) is 3. The monoisotopic (exact) mass is 367 g/mol. The molecule has 1 atom stereocenters. The van der Waals surface area contributed by atoms with Crippen molar-refractivity contribution < 1.29 is 14.7 Å². The molecule has 0 bridgehead atoms. The molecule has 0 radical (unpaired) electrons. The number of carboxylic acids is 1. The van der Waals surface area contributed by atoms with Gasteiger partial charge in [-0.2, -0.15) is 0 Å². The van der Waals surface area contributed by atoms with Crippen LogP contribution in [-0.2, 0) is 4.79 Å². The van der Waals surface area contributed by atoms with E-state index in [-0.39, 0.29) is 23.8 Å². The standard InChI is InChI=1S/C19H14ClN3O3/c20-14-3-1-2-4-15(14)23-10-21-17-13(9-16(24)22-18(17)23)11-5-7-12(8-6-11)19(25)26/h1-8,10,13H,9H2,(H,22,24)(H,25,26)/t13-/m0/s1. The van der Waals surface area contributed by atoms with Gasteiger partial charge in [0.25, 0.3) is 0 Å². The third-order valence-electron chi connectivity index (χ3n) is 4.45. The van der Waals surface area contributed by atoms with Crippen LogP contribution in [-0.4, -0.2) is 26.5 Å². The van der Waals surface area contributed by atoms with E-state index in [1.807, 2.05) is 18.2 Å². The van der Waals surface area contributed by atoms with Crippen LogP contribution in [0.3, 0.4) is 0 Å². The normalized spacial score (nSPS) is 16.0. The molecule has 0 aliphatic carbocycles. The zero-order valence-corrected chi connectivity index (χ0v) is 14.3. The lowest BCUT2D eigenvalue weighted by Gasteiger charge is -2.23. The topological polar surface area (TPSA) is 84.2 Å². The Bertz CT molecular complexity index is 1010. The molecule has 2 heterocycles. The number of hydrogen-bond donors (Lipinski definition) is 2. The second kappa shape index (κ2) is 6.31. The Morgan fingerprint density at radius 1 is 1.19 bits per heavy atom. The van der Waals surface area contributed by atoms with E-state index in [0.717, 1.165) is 16.9 Å². The zero-order valence-electron chi connectivity index (χ0n) is 13.5. The summed E-state index contributed by atoms with van der Waals surface area (Å²) in [7, 11) is 0. The molecule has 0 saturated carbocycles. The van der Waals surface area contributed by atoms with Gasteiger partial charge in [-0.25, -0.2) is 9.78 Å². The lowest BCUT2D eigenvalue weighted by atomic mass is 9.89. The van der Waals surface area contributed by atoms with Gasteiger partial charge in [-0.05, 0) is 29.8 Å². The Labute approximate surface area is 154 Å². The Hall–Kier alpha value is -3.12. The number of anilines is 1. The molecule has 1 aliphatic rings. The van der Waals surface area contributed by atoms with Gasteiger partial charge in [-0.3, -0.25) is 9.36 Å². The number of para-hydroxylation sites is 1. The number of imidazole rings is 1. The summed E-state index contributed by atoms with van der Waals surface area (Å²) in [5.74, 6) is -0.771. The lowest BCUT2D eigenvalue weighted by molar-refractivity contribution is -0.116. The van der Waals surface area contributed by atoms with Crippen LogP contribution in [0.4, 0.5) is 5.82 Å². The van der Waals surface area contributed by atoms with E-state index in [1.165, 1.54) is 12.1 Å². The van der Waals surface area contributed by atoms with Crippen molar-refractivity contribution in [1.29, 1.82) is 0 Å². The number of rotatable bonds is 3. The molecule has 26 heavy (non-hydrogen) atoms. The average molecular weight is 368 g/mol.